The summed E-state index contributed by atoms with van der Waals surface area (Å²) in [7, 11) is 0. The fourth-order valence-electron chi connectivity index (χ4n) is 6.73. The van der Waals surface area contributed by atoms with Gasteiger partial charge >= 0.3 is 45.0 Å². The summed E-state index contributed by atoms with van der Waals surface area (Å²) in [6, 6.07) is 40.1. The molecule has 6 aromatic carbocycles. The molecule has 6 rings (SSSR count). The first kappa shape index (κ1) is 49.0. The maximum absolute atomic E-state index is 12.4. The van der Waals surface area contributed by atoms with Gasteiger partial charge in [0.15, 0.2) is 0 Å². The van der Waals surface area contributed by atoms with Crippen molar-refractivity contribution in [2.45, 2.75) is 75.2 Å². The zero-order valence-corrected chi connectivity index (χ0v) is 36.9. The predicted octanol–water partition coefficient (Wildman–Crippen LogP) is 11.4. The molecule has 0 unspecified atom stereocenters. The molecule has 0 saturated carbocycles. The summed E-state index contributed by atoms with van der Waals surface area (Å²) in [5.41, 5.74) is 16.2. The van der Waals surface area contributed by atoms with Gasteiger partial charge in [-0.25, -0.2) is 4.79 Å². The van der Waals surface area contributed by atoms with Crippen LogP contribution in [0.5, 0.6) is 11.5 Å². The van der Waals surface area contributed by atoms with Gasteiger partial charge in [-0.15, -0.1) is 0 Å². The molecule has 6 nitrogen and oxygen atoms in total. The van der Waals surface area contributed by atoms with E-state index in [2.05, 4.69) is 133 Å². The van der Waals surface area contributed by atoms with Crippen LogP contribution in [0.25, 0.3) is 0 Å². The number of carbonyl (C=O) groups excluding carboxylic acids is 2. The molecule has 6 aromatic rings. The zero-order valence-electron chi connectivity index (χ0n) is 34.8. The van der Waals surface area contributed by atoms with E-state index in [0.29, 0.717) is 22.6 Å². The van der Waals surface area contributed by atoms with Crippen molar-refractivity contribution in [1.82, 2.24) is 0 Å². The first-order valence-corrected chi connectivity index (χ1v) is 19.0. The van der Waals surface area contributed by atoms with Crippen LogP contribution in [-0.4, -0.2) is 11.9 Å². The summed E-state index contributed by atoms with van der Waals surface area (Å²) in [6.45, 7) is 18.5. The van der Waals surface area contributed by atoms with Gasteiger partial charge in [-0.3, -0.25) is 4.79 Å². The minimum absolute atomic E-state index is 0. The Morgan fingerprint density at radius 1 is 0.500 bits per heavy atom. The predicted molar refractivity (Wildman–Crippen MR) is 221 cm³/mol. The molecule has 0 fully saturated rings. The van der Waals surface area contributed by atoms with Gasteiger partial charge in [-0.05, 0) is 123 Å². The monoisotopic (exact) mass is 864 g/mol. The Labute approximate surface area is 361 Å². The number of aryl methyl sites for hydroxylation is 8. The second-order valence-corrected chi connectivity index (χ2v) is 14.0. The third kappa shape index (κ3) is 14.1. The Bertz CT molecular complexity index is 2210. The minimum atomic E-state index is -0.356. The Balaban J connectivity index is 0.000000363. The van der Waals surface area contributed by atoms with Gasteiger partial charge in [0, 0.05) is 0 Å². The van der Waals surface area contributed by atoms with Crippen LogP contribution in [0.3, 0.4) is 0 Å². The van der Waals surface area contributed by atoms with Crippen LogP contribution in [0, 0.1) is 87.9 Å². The molecule has 8 heteroatoms. The number of carbonyl (C=O) groups is 2. The molecule has 0 aliphatic heterocycles. The summed E-state index contributed by atoms with van der Waals surface area (Å²) in [5, 5.41) is 0. The molecule has 0 heterocycles. The van der Waals surface area contributed by atoms with Gasteiger partial charge in [0.05, 0.1) is 0 Å². The van der Waals surface area contributed by atoms with Crippen molar-refractivity contribution in [3.8, 4) is 11.5 Å². The molecule has 0 aliphatic carbocycles. The van der Waals surface area contributed by atoms with Crippen molar-refractivity contribution in [2.75, 3.05) is 0 Å². The number of hydrogen-bond donors (Lipinski definition) is 0. The molecule has 0 spiro atoms. The summed E-state index contributed by atoms with van der Waals surface area (Å²) < 4.78 is 27.2. The van der Waals surface area contributed by atoms with E-state index < -0.39 is 0 Å². The van der Waals surface area contributed by atoms with Gasteiger partial charge in [0.1, 0.15) is 11.5 Å². The zero-order chi connectivity index (χ0) is 42.2. The van der Waals surface area contributed by atoms with Crippen LogP contribution in [0.1, 0.15) is 93.0 Å². The fraction of sp³-hybridized carbons (Fsp3) is 0.220. The standard InChI is InChI=1S/C25H25O2.C24H22O2.CH3.2Co.2O/c1-16-11-21(12-17(2)20(16)5)15-22-13-18(3)24(19(4)14-22)27-25(26)23-9-7-6-8-10-23;1-16-10-17(2)12-20(11-16)15-21-13-18(3)23(19(4)14-21)26-24(25)22-8-6-5-7-9-22;;;;;/h7-14H,15H2,1-5H3;5-6,8-9,11-14H,15H2,1-4H3;1H3;;;;/q-1;-2;-1;;;;. The molecule has 0 aromatic heterocycles. The Hall–Kier alpha value is -5.13. The SMILES string of the molecule is Cc1[c-]c(C)cc(Cc2cc(C)c(OC(=O)c3c[c-]ccc3)c(C)c2)c1.Cc1cc(Cc2cc(C)c(OC(=O)c3cc[c-]cc3)c(C)c2)cc(C)c1C.[CH3-].[O]=[Co].[O]=[Co]. The van der Waals surface area contributed by atoms with Crippen LogP contribution >= 0.6 is 0 Å². The van der Waals surface area contributed by atoms with Gasteiger partial charge in [0.25, 0.3) is 5.97 Å². The van der Waals surface area contributed by atoms with E-state index in [4.69, 9.17) is 17.2 Å². The van der Waals surface area contributed by atoms with E-state index >= 15 is 0 Å². The molecule has 0 atom stereocenters. The Kier molecular flexibility index (Phi) is 20.2. The van der Waals surface area contributed by atoms with E-state index in [1.165, 1.54) is 38.9 Å². The summed E-state index contributed by atoms with van der Waals surface area (Å²) in [6.07, 6.45) is 1.71. The Morgan fingerprint density at radius 2 is 0.879 bits per heavy atom. The summed E-state index contributed by atoms with van der Waals surface area (Å²) in [5.74, 6) is 0.586. The van der Waals surface area contributed by atoms with Crippen LogP contribution in [0.15, 0.2) is 97.1 Å². The van der Waals surface area contributed by atoms with Crippen molar-refractivity contribution in [3.05, 3.63) is 206 Å². The normalized spacial score (nSPS) is 9.91. The number of ether oxygens (including phenoxy) is 2. The van der Waals surface area contributed by atoms with E-state index in [1.807, 2.05) is 27.7 Å². The number of hydrogen-bond acceptors (Lipinski definition) is 6. The molecular weight excluding hydrogens is 814 g/mol. The van der Waals surface area contributed by atoms with Crippen molar-refractivity contribution < 1.29 is 58.1 Å². The van der Waals surface area contributed by atoms with Crippen LogP contribution in [0.2, 0.25) is 0 Å². The molecular formula is C50H50Co2O6-4. The van der Waals surface area contributed by atoms with Gasteiger partial charge in [0.2, 0.25) is 0 Å². The topological polar surface area (TPSA) is 86.7 Å². The van der Waals surface area contributed by atoms with Crippen LogP contribution < -0.4 is 9.47 Å². The van der Waals surface area contributed by atoms with Crippen molar-refractivity contribution in [1.29, 1.82) is 0 Å². The van der Waals surface area contributed by atoms with E-state index in [1.54, 1.807) is 48.5 Å². The molecule has 0 saturated heterocycles. The molecule has 0 radical (unpaired) electrons. The van der Waals surface area contributed by atoms with Crippen molar-refractivity contribution in [2.24, 2.45) is 0 Å². The second-order valence-electron chi connectivity index (χ2n) is 14.0. The van der Waals surface area contributed by atoms with E-state index in [-0.39, 0.29) is 19.4 Å². The third-order valence-electron chi connectivity index (χ3n) is 9.33. The Morgan fingerprint density at radius 3 is 1.28 bits per heavy atom. The third-order valence-corrected chi connectivity index (χ3v) is 9.33. The van der Waals surface area contributed by atoms with Gasteiger partial charge < -0.3 is 16.9 Å². The molecule has 0 bridgehead atoms. The first-order chi connectivity index (χ1) is 27.3. The van der Waals surface area contributed by atoms with Crippen molar-refractivity contribution >= 4 is 11.9 Å². The van der Waals surface area contributed by atoms with E-state index in [9.17, 15) is 9.59 Å². The number of esters is 2. The molecule has 58 heavy (non-hydrogen) atoms. The summed E-state index contributed by atoms with van der Waals surface area (Å²) in [4.78, 5) is 24.7. The van der Waals surface area contributed by atoms with Gasteiger partial charge in [-0.1, -0.05) is 55.8 Å². The second kappa shape index (κ2) is 23.9. The van der Waals surface area contributed by atoms with E-state index in [0.717, 1.165) is 46.2 Å². The number of rotatable bonds is 8. The summed E-state index contributed by atoms with van der Waals surface area (Å²) >= 11 is 4.62. The average molecular weight is 865 g/mol. The average Bonchev–Trinajstić information content (AvgIpc) is 3.18. The molecule has 0 aliphatic rings. The quantitative estimate of drug-likeness (QED) is 0.0860. The van der Waals surface area contributed by atoms with Crippen LogP contribution in [0.4, 0.5) is 0 Å². The molecule has 0 amide bonds. The van der Waals surface area contributed by atoms with Gasteiger partial charge in [-0.2, -0.15) is 95.6 Å². The molecule has 0 N–H and O–H groups in total. The molecule has 308 valence electrons. The number of benzene rings is 6. The maximum atomic E-state index is 12.4. The van der Waals surface area contributed by atoms with Crippen LogP contribution in [-0.2, 0) is 51.9 Å². The fourth-order valence-corrected chi connectivity index (χ4v) is 6.73. The first-order valence-electron chi connectivity index (χ1n) is 18.2. The van der Waals surface area contributed by atoms with Crippen molar-refractivity contribution in [3.63, 3.8) is 0 Å².